The molecule has 0 fully saturated rings. The van der Waals surface area contributed by atoms with Gasteiger partial charge in [0.2, 0.25) is 10.0 Å². The first-order chi connectivity index (χ1) is 9.15. The fourth-order valence-corrected chi connectivity index (χ4v) is 2.76. The molecule has 0 aliphatic carbocycles. The summed E-state index contributed by atoms with van der Waals surface area (Å²) in [5.74, 6) is -1.39. The minimum Gasteiger partial charge on any atom is -0.478 e. The lowest BCUT2D eigenvalue weighted by Crippen LogP contribution is -2.36. The fourth-order valence-electron chi connectivity index (χ4n) is 1.43. The lowest BCUT2D eigenvalue weighted by atomic mass is 9.96. The maximum absolute atomic E-state index is 11.9. The molecule has 20 heavy (non-hydrogen) atoms. The molecule has 1 aromatic rings. The highest BCUT2D eigenvalue weighted by Gasteiger charge is 2.20. The van der Waals surface area contributed by atoms with E-state index < -0.39 is 21.4 Å². The van der Waals surface area contributed by atoms with Gasteiger partial charge in [0, 0.05) is 18.6 Å². The molecule has 0 atom stereocenters. The van der Waals surface area contributed by atoms with E-state index in [-0.39, 0.29) is 24.5 Å². The normalized spacial score (nSPS) is 12.3. The van der Waals surface area contributed by atoms with Crippen molar-refractivity contribution in [2.45, 2.75) is 19.6 Å². The molecule has 112 valence electrons. The van der Waals surface area contributed by atoms with Crippen molar-refractivity contribution in [2.24, 2.45) is 5.41 Å². The van der Waals surface area contributed by atoms with Crippen LogP contribution in [0.4, 0.5) is 0 Å². The largest absolute Gasteiger partial charge is 0.478 e. The Bertz CT molecular complexity index is 580. The number of carbonyl (C=O) groups is 1. The van der Waals surface area contributed by atoms with Gasteiger partial charge in [-0.25, -0.2) is 17.9 Å². The maximum atomic E-state index is 11.9. The minimum atomic E-state index is -3.57. The van der Waals surface area contributed by atoms with E-state index >= 15 is 0 Å². The van der Waals surface area contributed by atoms with Crippen molar-refractivity contribution in [2.75, 3.05) is 13.2 Å². The zero-order valence-electron chi connectivity index (χ0n) is 11.5. The molecule has 0 aliphatic rings. The van der Waals surface area contributed by atoms with E-state index in [0.29, 0.717) is 5.56 Å². The molecule has 0 bridgehead atoms. The highest BCUT2D eigenvalue weighted by Crippen LogP contribution is 2.13. The van der Waals surface area contributed by atoms with Crippen LogP contribution >= 0.6 is 0 Å². The fraction of sp³-hybridized carbons (Fsp3) is 0.462. The van der Waals surface area contributed by atoms with Gasteiger partial charge in [-0.05, 0) is 17.7 Å². The first-order valence-electron chi connectivity index (χ1n) is 6.06. The number of benzene rings is 1. The van der Waals surface area contributed by atoms with E-state index in [1.807, 2.05) is 0 Å². The standard InChI is InChI=1S/C13H19NO5S/c1-13(2,9-15)8-14-20(18,19)7-10-4-3-5-11(6-10)12(16)17/h3-6,14-15H,7-9H2,1-2H3,(H,16,17). The molecule has 0 saturated carbocycles. The monoisotopic (exact) mass is 301 g/mol. The summed E-state index contributed by atoms with van der Waals surface area (Å²) in [6, 6.07) is 5.80. The summed E-state index contributed by atoms with van der Waals surface area (Å²) in [5.41, 5.74) is -0.0942. The number of rotatable bonds is 7. The van der Waals surface area contributed by atoms with Gasteiger partial charge in [0.1, 0.15) is 0 Å². The topological polar surface area (TPSA) is 104 Å². The number of aliphatic hydroxyl groups is 1. The predicted octanol–water partition coefficient (Wildman–Crippen LogP) is 0.823. The third kappa shape index (κ3) is 5.28. The molecular weight excluding hydrogens is 282 g/mol. The van der Waals surface area contributed by atoms with E-state index in [1.54, 1.807) is 19.9 Å². The number of carboxylic acid groups (broad SMARTS) is 1. The Balaban J connectivity index is 2.76. The van der Waals surface area contributed by atoms with Gasteiger partial charge in [0.15, 0.2) is 0 Å². The second kappa shape index (κ2) is 6.34. The van der Waals surface area contributed by atoms with Gasteiger partial charge < -0.3 is 10.2 Å². The Hall–Kier alpha value is -1.44. The number of sulfonamides is 1. The minimum absolute atomic E-state index is 0.0494. The summed E-state index contributed by atoms with van der Waals surface area (Å²) in [6.07, 6.45) is 0. The predicted molar refractivity (Wildman–Crippen MR) is 74.9 cm³/mol. The SMILES string of the molecule is CC(C)(CO)CNS(=O)(=O)Cc1cccc(C(=O)O)c1. The highest BCUT2D eigenvalue weighted by atomic mass is 32.2. The number of carboxylic acids is 1. The van der Waals surface area contributed by atoms with Gasteiger partial charge >= 0.3 is 5.97 Å². The molecular formula is C13H19NO5S. The number of hydrogen-bond donors (Lipinski definition) is 3. The van der Waals surface area contributed by atoms with Crippen LogP contribution in [-0.2, 0) is 15.8 Å². The summed E-state index contributed by atoms with van der Waals surface area (Å²) >= 11 is 0. The number of aromatic carboxylic acids is 1. The Morgan fingerprint density at radius 2 is 2.00 bits per heavy atom. The van der Waals surface area contributed by atoms with Crippen LogP contribution in [0.5, 0.6) is 0 Å². The van der Waals surface area contributed by atoms with Gasteiger partial charge in [-0.3, -0.25) is 0 Å². The van der Waals surface area contributed by atoms with Gasteiger partial charge in [0.25, 0.3) is 0 Å². The van der Waals surface area contributed by atoms with Gasteiger partial charge in [-0.2, -0.15) is 0 Å². The second-order valence-electron chi connectivity index (χ2n) is 5.41. The van der Waals surface area contributed by atoms with Crippen molar-refractivity contribution < 1.29 is 23.4 Å². The molecule has 1 rings (SSSR count). The van der Waals surface area contributed by atoms with Crippen molar-refractivity contribution in [3.05, 3.63) is 35.4 Å². The first kappa shape index (κ1) is 16.6. The molecule has 0 aliphatic heterocycles. The molecule has 0 aromatic heterocycles. The average molecular weight is 301 g/mol. The van der Waals surface area contributed by atoms with Crippen LogP contribution < -0.4 is 4.72 Å². The third-order valence-electron chi connectivity index (χ3n) is 2.73. The molecule has 0 spiro atoms. The average Bonchev–Trinajstić information content (AvgIpc) is 2.36. The zero-order valence-corrected chi connectivity index (χ0v) is 12.3. The Kier molecular flexibility index (Phi) is 5.27. The van der Waals surface area contributed by atoms with Crippen LogP contribution in [-0.4, -0.2) is 37.8 Å². The summed E-state index contributed by atoms with van der Waals surface area (Å²) in [4.78, 5) is 10.8. The molecule has 0 heterocycles. The maximum Gasteiger partial charge on any atom is 0.335 e. The molecule has 3 N–H and O–H groups in total. The van der Waals surface area contributed by atoms with Crippen molar-refractivity contribution in [3.63, 3.8) is 0 Å². The Morgan fingerprint density at radius 1 is 1.35 bits per heavy atom. The van der Waals surface area contributed by atoms with Crippen LogP contribution in [0.15, 0.2) is 24.3 Å². The zero-order chi connectivity index (χ0) is 15.4. The lowest BCUT2D eigenvalue weighted by molar-refractivity contribution is 0.0696. The molecule has 0 unspecified atom stereocenters. The Morgan fingerprint density at radius 3 is 2.55 bits per heavy atom. The van der Waals surface area contributed by atoms with E-state index in [1.165, 1.54) is 18.2 Å². The van der Waals surface area contributed by atoms with Crippen molar-refractivity contribution in [1.82, 2.24) is 4.72 Å². The summed E-state index contributed by atoms with van der Waals surface area (Å²) in [7, 11) is -3.57. The molecule has 1 aromatic carbocycles. The van der Waals surface area contributed by atoms with Gasteiger partial charge in [-0.15, -0.1) is 0 Å². The molecule has 0 amide bonds. The van der Waals surface area contributed by atoms with E-state index in [0.717, 1.165) is 0 Å². The highest BCUT2D eigenvalue weighted by molar-refractivity contribution is 7.88. The molecule has 7 heteroatoms. The number of nitrogens with one attached hydrogen (secondary N) is 1. The molecule has 0 saturated heterocycles. The van der Waals surface area contributed by atoms with Crippen molar-refractivity contribution in [3.8, 4) is 0 Å². The van der Waals surface area contributed by atoms with Crippen molar-refractivity contribution in [1.29, 1.82) is 0 Å². The van der Waals surface area contributed by atoms with E-state index in [4.69, 9.17) is 10.2 Å². The number of aliphatic hydroxyl groups excluding tert-OH is 1. The molecule has 0 radical (unpaired) electrons. The second-order valence-corrected chi connectivity index (χ2v) is 7.21. The van der Waals surface area contributed by atoms with Crippen LogP contribution in [0.3, 0.4) is 0 Å². The smallest absolute Gasteiger partial charge is 0.335 e. The van der Waals surface area contributed by atoms with Gasteiger partial charge in [-0.1, -0.05) is 26.0 Å². The van der Waals surface area contributed by atoms with Crippen LogP contribution in [0.2, 0.25) is 0 Å². The van der Waals surface area contributed by atoms with Gasteiger partial charge in [0.05, 0.1) is 11.3 Å². The van der Waals surface area contributed by atoms with Crippen LogP contribution in [0.1, 0.15) is 29.8 Å². The van der Waals surface area contributed by atoms with E-state index in [2.05, 4.69) is 4.72 Å². The van der Waals surface area contributed by atoms with E-state index in [9.17, 15) is 13.2 Å². The van der Waals surface area contributed by atoms with Crippen molar-refractivity contribution >= 4 is 16.0 Å². The Labute approximate surface area is 118 Å². The summed E-state index contributed by atoms with van der Waals surface area (Å²) in [6.45, 7) is 3.45. The van der Waals surface area contributed by atoms with Crippen LogP contribution in [0.25, 0.3) is 0 Å². The first-order valence-corrected chi connectivity index (χ1v) is 7.71. The quantitative estimate of drug-likeness (QED) is 0.692. The third-order valence-corrected chi connectivity index (χ3v) is 4.03. The summed E-state index contributed by atoms with van der Waals surface area (Å²) in [5, 5.41) is 17.9. The summed E-state index contributed by atoms with van der Waals surface area (Å²) < 4.78 is 26.2. The molecule has 6 nitrogen and oxygen atoms in total. The number of hydrogen-bond acceptors (Lipinski definition) is 4. The van der Waals surface area contributed by atoms with Crippen LogP contribution in [0, 0.1) is 5.41 Å². The lowest BCUT2D eigenvalue weighted by Gasteiger charge is -2.21.